The highest BCUT2D eigenvalue weighted by Crippen LogP contribution is 2.28. The summed E-state index contributed by atoms with van der Waals surface area (Å²) in [5.41, 5.74) is 2.25. The molecule has 0 bridgehead atoms. The van der Waals surface area contributed by atoms with Crippen LogP contribution in [0.3, 0.4) is 0 Å². The molecule has 0 saturated heterocycles. The lowest BCUT2D eigenvalue weighted by molar-refractivity contribution is 0.0692. The maximum absolute atomic E-state index is 11.1. The molecule has 0 unspecified atom stereocenters. The van der Waals surface area contributed by atoms with E-state index in [0.29, 0.717) is 5.65 Å². The van der Waals surface area contributed by atoms with Gasteiger partial charge in [-0.2, -0.15) is 0 Å². The zero-order valence-corrected chi connectivity index (χ0v) is 10.3. The van der Waals surface area contributed by atoms with Crippen LogP contribution in [0.25, 0.3) is 16.2 Å². The number of carboxylic acids is 1. The molecule has 3 aromatic rings. The molecular weight excluding hydrogens is 250 g/mol. The Labute approximate surface area is 106 Å². The Hall–Kier alpha value is -2.21. The molecular formula is C12H9N3O2S. The number of aromatic nitrogens is 3. The van der Waals surface area contributed by atoms with E-state index in [-0.39, 0.29) is 5.69 Å². The smallest absolute Gasteiger partial charge is 0.358 e. The van der Waals surface area contributed by atoms with Gasteiger partial charge in [-0.05, 0) is 23.9 Å². The quantitative estimate of drug-likeness (QED) is 0.767. The van der Waals surface area contributed by atoms with E-state index < -0.39 is 5.97 Å². The van der Waals surface area contributed by atoms with Crippen molar-refractivity contribution in [2.45, 2.75) is 6.92 Å². The van der Waals surface area contributed by atoms with Crippen LogP contribution in [0.5, 0.6) is 0 Å². The SMILES string of the molecule is Cc1ccsc1-c1cn2ccnc(C(=O)O)c2n1. The van der Waals surface area contributed by atoms with Crippen molar-refractivity contribution >= 4 is 23.0 Å². The maximum Gasteiger partial charge on any atom is 0.358 e. The largest absolute Gasteiger partial charge is 0.476 e. The van der Waals surface area contributed by atoms with Crippen LogP contribution >= 0.6 is 11.3 Å². The fourth-order valence-corrected chi connectivity index (χ4v) is 2.70. The van der Waals surface area contributed by atoms with Crippen LogP contribution < -0.4 is 0 Å². The summed E-state index contributed by atoms with van der Waals surface area (Å²) < 4.78 is 1.69. The highest BCUT2D eigenvalue weighted by atomic mass is 32.1. The molecule has 0 aliphatic carbocycles. The van der Waals surface area contributed by atoms with Crippen molar-refractivity contribution in [2.75, 3.05) is 0 Å². The molecule has 0 atom stereocenters. The highest BCUT2D eigenvalue weighted by molar-refractivity contribution is 7.13. The molecule has 0 spiro atoms. The number of thiophene rings is 1. The van der Waals surface area contributed by atoms with Crippen LogP contribution in [0, 0.1) is 6.92 Å². The predicted octanol–water partition coefficient (Wildman–Crippen LogP) is 2.46. The van der Waals surface area contributed by atoms with Gasteiger partial charge in [-0.15, -0.1) is 11.3 Å². The van der Waals surface area contributed by atoms with Gasteiger partial charge < -0.3 is 9.51 Å². The Morgan fingerprint density at radius 2 is 2.33 bits per heavy atom. The van der Waals surface area contributed by atoms with E-state index in [4.69, 9.17) is 5.11 Å². The number of imidazole rings is 1. The Morgan fingerprint density at radius 1 is 1.50 bits per heavy atom. The van der Waals surface area contributed by atoms with Crippen LogP contribution in [0.4, 0.5) is 0 Å². The van der Waals surface area contributed by atoms with Crippen LogP contribution in [-0.2, 0) is 0 Å². The van der Waals surface area contributed by atoms with Crippen molar-refractivity contribution in [1.29, 1.82) is 0 Å². The molecule has 0 amide bonds. The lowest BCUT2D eigenvalue weighted by Gasteiger charge is -1.95. The summed E-state index contributed by atoms with van der Waals surface area (Å²) in [6.07, 6.45) is 4.98. The molecule has 5 nitrogen and oxygen atoms in total. The molecule has 0 radical (unpaired) electrons. The molecule has 0 fully saturated rings. The van der Waals surface area contributed by atoms with E-state index in [0.717, 1.165) is 16.1 Å². The van der Waals surface area contributed by atoms with E-state index in [2.05, 4.69) is 9.97 Å². The second-order valence-corrected chi connectivity index (χ2v) is 4.79. The first-order valence-electron chi connectivity index (χ1n) is 5.28. The van der Waals surface area contributed by atoms with Crippen LogP contribution in [0.1, 0.15) is 16.1 Å². The maximum atomic E-state index is 11.1. The average molecular weight is 259 g/mol. The van der Waals surface area contributed by atoms with Crippen molar-refractivity contribution in [2.24, 2.45) is 0 Å². The van der Waals surface area contributed by atoms with Gasteiger partial charge in [0.2, 0.25) is 0 Å². The predicted molar refractivity (Wildman–Crippen MR) is 68.0 cm³/mol. The summed E-state index contributed by atoms with van der Waals surface area (Å²) in [7, 11) is 0. The fraction of sp³-hybridized carbons (Fsp3) is 0.0833. The van der Waals surface area contributed by atoms with Crippen LogP contribution in [0.15, 0.2) is 30.0 Å². The molecule has 18 heavy (non-hydrogen) atoms. The number of aryl methyl sites for hydroxylation is 1. The molecule has 0 aromatic carbocycles. The van der Waals surface area contributed by atoms with Crippen LogP contribution in [-0.4, -0.2) is 25.4 Å². The second-order valence-electron chi connectivity index (χ2n) is 3.87. The monoisotopic (exact) mass is 259 g/mol. The molecule has 6 heteroatoms. The van der Waals surface area contributed by atoms with Crippen molar-refractivity contribution in [3.63, 3.8) is 0 Å². The number of aromatic carboxylic acids is 1. The Balaban J connectivity index is 2.26. The number of hydrogen-bond donors (Lipinski definition) is 1. The Bertz CT molecular complexity index is 745. The highest BCUT2D eigenvalue weighted by Gasteiger charge is 2.15. The molecule has 0 aliphatic heterocycles. The standard InChI is InChI=1S/C12H9N3O2S/c1-7-2-5-18-10(7)8-6-15-4-3-13-9(12(16)17)11(15)14-8/h2-6H,1H3,(H,16,17). The molecule has 3 heterocycles. The normalized spacial score (nSPS) is 10.9. The van der Waals surface area contributed by atoms with Gasteiger partial charge in [-0.25, -0.2) is 14.8 Å². The minimum absolute atomic E-state index is 0.0297. The Morgan fingerprint density at radius 3 is 3.00 bits per heavy atom. The van der Waals surface area contributed by atoms with Gasteiger partial charge in [0.25, 0.3) is 0 Å². The zero-order valence-electron chi connectivity index (χ0n) is 9.49. The summed E-state index contributed by atoms with van der Waals surface area (Å²) in [6, 6.07) is 2.01. The molecule has 3 aromatic heterocycles. The van der Waals surface area contributed by atoms with Crippen molar-refractivity contribution in [3.05, 3.63) is 41.3 Å². The summed E-state index contributed by atoms with van der Waals surface area (Å²) in [5.74, 6) is -1.07. The van der Waals surface area contributed by atoms with Crippen molar-refractivity contribution in [3.8, 4) is 10.6 Å². The average Bonchev–Trinajstić information content (AvgIpc) is 2.92. The number of carbonyl (C=O) groups is 1. The molecule has 0 aliphatic rings. The van der Waals surface area contributed by atoms with E-state index in [1.165, 1.54) is 6.20 Å². The van der Waals surface area contributed by atoms with Gasteiger partial charge in [-0.3, -0.25) is 0 Å². The number of hydrogen-bond acceptors (Lipinski definition) is 4. The Kier molecular flexibility index (Phi) is 2.38. The third kappa shape index (κ3) is 1.58. The lowest BCUT2D eigenvalue weighted by atomic mass is 10.2. The topological polar surface area (TPSA) is 67.5 Å². The fourth-order valence-electron chi connectivity index (χ4n) is 1.82. The third-order valence-corrected chi connectivity index (χ3v) is 3.71. The molecule has 90 valence electrons. The summed E-state index contributed by atoms with van der Waals surface area (Å²) in [4.78, 5) is 20.3. The number of fused-ring (bicyclic) bond motifs is 1. The first-order valence-corrected chi connectivity index (χ1v) is 6.16. The first-order chi connectivity index (χ1) is 8.66. The van der Waals surface area contributed by atoms with E-state index in [1.807, 2.05) is 24.6 Å². The second kappa shape index (κ2) is 3.92. The van der Waals surface area contributed by atoms with Gasteiger partial charge in [0.05, 0.1) is 10.6 Å². The van der Waals surface area contributed by atoms with Crippen molar-refractivity contribution in [1.82, 2.24) is 14.4 Å². The molecule has 0 saturated carbocycles. The minimum Gasteiger partial charge on any atom is -0.476 e. The third-order valence-electron chi connectivity index (χ3n) is 2.67. The van der Waals surface area contributed by atoms with Gasteiger partial charge >= 0.3 is 5.97 Å². The van der Waals surface area contributed by atoms with Gasteiger partial charge in [0, 0.05) is 18.6 Å². The van der Waals surface area contributed by atoms with Crippen molar-refractivity contribution < 1.29 is 9.90 Å². The van der Waals surface area contributed by atoms with Crippen LogP contribution in [0.2, 0.25) is 0 Å². The first kappa shape index (κ1) is 10.9. The lowest BCUT2D eigenvalue weighted by Crippen LogP contribution is -2.03. The van der Waals surface area contributed by atoms with E-state index in [9.17, 15) is 4.79 Å². The number of nitrogens with zero attached hydrogens (tertiary/aromatic N) is 3. The van der Waals surface area contributed by atoms with E-state index in [1.54, 1.807) is 21.9 Å². The molecule has 1 N–H and O–H groups in total. The summed E-state index contributed by atoms with van der Waals surface area (Å²) >= 11 is 1.59. The van der Waals surface area contributed by atoms with E-state index >= 15 is 0 Å². The number of rotatable bonds is 2. The summed E-state index contributed by atoms with van der Waals surface area (Å²) in [5, 5.41) is 11.1. The zero-order chi connectivity index (χ0) is 12.7. The molecule has 3 rings (SSSR count). The minimum atomic E-state index is -1.07. The summed E-state index contributed by atoms with van der Waals surface area (Å²) in [6.45, 7) is 2.01. The number of carboxylic acid groups (broad SMARTS) is 1. The van der Waals surface area contributed by atoms with Gasteiger partial charge in [-0.1, -0.05) is 0 Å². The van der Waals surface area contributed by atoms with Gasteiger partial charge in [0.1, 0.15) is 0 Å². The van der Waals surface area contributed by atoms with Gasteiger partial charge in [0.15, 0.2) is 11.3 Å².